The molecule has 1 saturated carbocycles. The Balaban J connectivity index is 1.52. The monoisotopic (exact) mass is 298 g/mol. The second-order valence-corrected chi connectivity index (χ2v) is 5.74. The van der Waals surface area contributed by atoms with Crippen LogP contribution in [0.15, 0.2) is 24.4 Å². The second kappa shape index (κ2) is 5.36. The smallest absolute Gasteiger partial charge is 0.231 e. The fourth-order valence-corrected chi connectivity index (χ4v) is 2.32. The van der Waals surface area contributed by atoms with Crippen molar-refractivity contribution in [2.24, 2.45) is 5.92 Å². The zero-order valence-corrected chi connectivity index (χ0v) is 12.4. The van der Waals surface area contributed by atoms with E-state index in [4.69, 9.17) is 9.47 Å². The Hall–Kier alpha value is -2.50. The van der Waals surface area contributed by atoms with E-state index in [1.807, 2.05) is 31.3 Å². The van der Waals surface area contributed by atoms with Crippen LogP contribution in [0.3, 0.4) is 0 Å². The molecule has 1 aromatic heterocycles. The molecule has 22 heavy (non-hydrogen) atoms. The van der Waals surface area contributed by atoms with Crippen LogP contribution in [0.2, 0.25) is 0 Å². The number of nitrogens with one attached hydrogen (secondary N) is 2. The van der Waals surface area contributed by atoms with E-state index in [2.05, 4.69) is 20.6 Å². The van der Waals surface area contributed by atoms with E-state index in [0.29, 0.717) is 5.95 Å². The molecule has 2 N–H and O–H groups in total. The van der Waals surface area contributed by atoms with Crippen molar-refractivity contribution in [1.29, 1.82) is 0 Å². The Morgan fingerprint density at radius 1 is 1.23 bits per heavy atom. The predicted molar refractivity (Wildman–Crippen MR) is 83.8 cm³/mol. The average molecular weight is 298 g/mol. The fourth-order valence-electron chi connectivity index (χ4n) is 2.32. The van der Waals surface area contributed by atoms with Gasteiger partial charge >= 0.3 is 0 Å². The first-order chi connectivity index (χ1) is 10.8. The van der Waals surface area contributed by atoms with E-state index in [-0.39, 0.29) is 6.79 Å². The number of benzene rings is 1. The van der Waals surface area contributed by atoms with E-state index in [1.54, 1.807) is 0 Å². The molecule has 2 aromatic rings. The maximum atomic E-state index is 5.40. The molecule has 0 unspecified atom stereocenters. The van der Waals surface area contributed by atoms with Crippen LogP contribution < -0.4 is 20.1 Å². The molecule has 0 bridgehead atoms. The van der Waals surface area contributed by atoms with Crippen molar-refractivity contribution in [2.45, 2.75) is 19.8 Å². The standard InChI is InChI=1S/C16H18N4O2/c1-10-7-17-16(18-8-11-2-3-11)20-15(10)19-12-4-5-13-14(6-12)22-9-21-13/h4-7,11H,2-3,8-9H2,1H3,(H2,17,18,19,20). The summed E-state index contributed by atoms with van der Waals surface area (Å²) in [5.41, 5.74) is 1.91. The summed E-state index contributed by atoms with van der Waals surface area (Å²) in [7, 11) is 0. The van der Waals surface area contributed by atoms with Crippen LogP contribution in [0.5, 0.6) is 11.5 Å². The van der Waals surface area contributed by atoms with Crippen molar-refractivity contribution in [2.75, 3.05) is 24.0 Å². The molecule has 1 aromatic carbocycles. The summed E-state index contributed by atoms with van der Waals surface area (Å²) in [6, 6.07) is 5.76. The van der Waals surface area contributed by atoms with Crippen LogP contribution in [0.4, 0.5) is 17.5 Å². The number of hydrogen-bond donors (Lipinski definition) is 2. The van der Waals surface area contributed by atoms with Gasteiger partial charge < -0.3 is 20.1 Å². The van der Waals surface area contributed by atoms with E-state index < -0.39 is 0 Å². The highest BCUT2D eigenvalue weighted by atomic mass is 16.7. The van der Waals surface area contributed by atoms with Gasteiger partial charge in [0, 0.05) is 30.1 Å². The zero-order valence-electron chi connectivity index (χ0n) is 12.4. The summed E-state index contributed by atoms with van der Waals surface area (Å²) >= 11 is 0. The van der Waals surface area contributed by atoms with Gasteiger partial charge in [0.1, 0.15) is 5.82 Å². The van der Waals surface area contributed by atoms with Gasteiger partial charge in [-0.15, -0.1) is 0 Å². The fraction of sp³-hybridized carbons (Fsp3) is 0.375. The highest BCUT2D eigenvalue weighted by Gasteiger charge is 2.21. The maximum Gasteiger partial charge on any atom is 0.231 e. The molecule has 2 heterocycles. The lowest BCUT2D eigenvalue weighted by atomic mass is 10.2. The molecule has 114 valence electrons. The molecule has 4 rings (SSSR count). The highest BCUT2D eigenvalue weighted by molar-refractivity contribution is 5.64. The Bertz CT molecular complexity index is 701. The number of fused-ring (bicyclic) bond motifs is 1. The van der Waals surface area contributed by atoms with Crippen molar-refractivity contribution < 1.29 is 9.47 Å². The van der Waals surface area contributed by atoms with Crippen LogP contribution in [0.1, 0.15) is 18.4 Å². The van der Waals surface area contributed by atoms with Gasteiger partial charge in [-0.05, 0) is 37.8 Å². The molecule has 1 aliphatic heterocycles. The van der Waals surface area contributed by atoms with E-state index in [9.17, 15) is 0 Å². The lowest BCUT2D eigenvalue weighted by molar-refractivity contribution is 0.174. The van der Waals surface area contributed by atoms with Crippen molar-refractivity contribution >= 4 is 17.5 Å². The third-order valence-electron chi connectivity index (χ3n) is 3.85. The van der Waals surface area contributed by atoms with Crippen LogP contribution in [0, 0.1) is 12.8 Å². The largest absolute Gasteiger partial charge is 0.454 e. The molecule has 6 nitrogen and oxygen atoms in total. The van der Waals surface area contributed by atoms with E-state index in [1.165, 1.54) is 12.8 Å². The van der Waals surface area contributed by atoms with Gasteiger partial charge in [0.25, 0.3) is 0 Å². The van der Waals surface area contributed by atoms with E-state index >= 15 is 0 Å². The quantitative estimate of drug-likeness (QED) is 0.884. The van der Waals surface area contributed by atoms with Crippen molar-refractivity contribution in [3.63, 3.8) is 0 Å². The summed E-state index contributed by atoms with van der Waals surface area (Å²) in [5.74, 6) is 3.78. The average Bonchev–Trinajstić information content (AvgIpc) is 3.24. The normalized spacial score (nSPS) is 15.7. The van der Waals surface area contributed by atoms with Gasteiger partial charge in [0.2, 0.25) is 12.7 Å². The van der Waals surface area contributed by atoms with Crippen molar-refractivity contribution in [1.82, 2.24) is 9.97 Å². The lowest BCUT2D eigenvalue weighted by Gasteiger charge is -2.11. The highest BCUT2D eigenvalue weighted by Crippen LogP contribution is 2.35. The molecule has 2 aliphatic rings. The van der Waals surface area contributed by atoms with Gasteiger partial charge in [0.15, 0.2) is 11.5 Å². The minimum Gasteiger partial charge on any atom is -0.454 e. The van der Waals surface area contributed by atoms with Crippen LogP contribution in [-0.4, -0.2) is 23.3 Å². The Kier molecular flexibility index (Phi) is 3.21. The number of anilines is 3. The van der Waals surface area contributed by atoms with E-state index in [0.717, 1.165) is 41.0 Å². The summed E-state index contributed by atoms with van der Waals surface area (Å²) in [5, 5.41) is 6.61. The van der Waals surface area contributed by atoms with Gasteiger partial charge in [-0.2, -0.15) is 4.98 Å². The topological polar surface area (TPSA) is 68.3 Å². The first-order valence-corrected chi connectivity index (χ1v) is 7.52. The van der Waals surface area contributed by atoms with Gasteiger partial charge in [0.05, 0.1) is 0 Å². The number of rotatable bonds is 5. The summed E-state index contributed by atoms with van der Waals surface area (Å²) in [6.45, 7) is 3.22. The van der Waals surface area contributed by atoms with Gasteiger partial charge in [-0.3, -0.25) is 0 Å². The maximum absolute atomic E-state index is 5.40. The Morgan fingerprint density at radius 3 is 2.95 bits per heavy atom. The number of aromatic nitrogens is 2. The van der Waals surface area contributed by atoms with Crippen LogP contribution >= 0.6 is 0 Å². The molecule has 0 atom stereocenters. The van der Waals surface area contributed by atoms with Gasteiger partial charge in [-0.1, -0.05) is 0 Å². The van der Waals surface area contributed by atoms with Crippen molar-refractivity contribution in [3.05, 3.63) is 30.0 Å². The first-order valence-electron chi connectivity index (χ1n) is 7.52. The summed E-state index contributed by atoms with van der Waals surface area (Å²) in [4.78, 5) is 8.89. The third kappa shape index (κ3) is 2.77. The second-order valence-electron chi connectivity index (χ2n) is 5.74. The number of ether oxygens (including phenoxy) is 2. The lowest BCUT2D eigenvalue weighted by Crippen LogP contribution is -2.08. The van der Waals surface area contributed by atoms with Crippen LogP contribution in [-0.2, 0) is 0 Å². The van der Waals surface area contributed by atoms with Gasteiger partial charge in [-0.25, -0.2) is 4.98 Å². The minimum absolute atomic E-state index is 0.278. The molecule has 0 amide bonds. The molecule has 0 saturated heterocycles. The summed E-state index contributed by atoms with van der Waals surface area (Å²) < 4.78 is 10.7. The number of hydrogen-bond acceptors (Lipinski definition) is 6. The van der Waals surface area contributed by atoms with Crippen LogP contribution in [0.25, 0.3) is 0 Å². The number of aryl methyl sites for hydroxylation is 1. The number of nitrogens with zero attached hydrogens (tertiary/aromatic N) is 2. The predicted octanol–water partition coefficient (Wildman–Crippen LogP) is 3.08. The summed E-state index contributed by atoms with van der Waals surface area (Å²) in [6.07, 6.45) is 4.44. The molecule has 1 aliphatic carbocycles. The molecular formula is C16H18N4O2. The SMILES string of the molecule is Cc1cnc(NCC2CC2)nc1Nc1ccc2c(c1)OCO2. The molecule has 6 heteroatoms. The molecule has 0 radical (unpaired) electrons. The Morgan fingerprint density at radius 2 is 2.09 bits per heavy atom. The molecular weight excluding hydrogens is 280 g/mol. The third-order valence-corrected chi connectivity index (χ3v) is 3.85. The molecule has 0 spiro atoms. The minimum atomic E-state index is 0.278. The Labute approximate surface area is 128 Å². The van der Waals surface area contributed by atoms with Crippen molar-refractivity contribution in [3.8, 4) is 11.5 Å². The first kappa shape index (κ1) is 13.2. The zero-order chi connectivity index (χ0) is 14.9. The molecule has 1 fully saturated rings.